The van der Waals surface area contributed by atoms with Crippen molar-refractivity contribution < 1.29 is 23.8 Å². The summed E-state index contributed by atoms with van der Waals surface area (Å²) in [5.41, 5.74) is 0. The van der Waals surface area contributed by atoms with Crippen LogP contribution in [0.5, 0.6) is 0 Å². The lowest BCUT2D eigenvalue weighted by Crippen LogP contribution is -2.16. The molecule has 13 heavy (non-hydrogen) atoms. The van der Waals surface area contributed by atoms with Crippen LogP contribution in [0.15, 0.2) is 0 Å². The van der Waals surface area contributed by atoms with Crippen molar-refractivity contribution in [2.75, 3.05) is 33.5 Å². The lowest BCUT2D eigenvalue weighted by atomic mass is 10.7. The molecule has 0 aromatic heterocycles. The number of ether oxygens (including phenoxy) is 3. The van der Waals surface area contributed by atoms with Crippen LogP contribution in [-0.4, -0.2) is 44.7 Å². The van der Waals surface area contributed by atoms with Crippen molar-refractivity contribution >= 4 is 22.8 Å². The first-order valence-corrected chi connectivity index (χ1v) is 3.99. The zero-order chi connectivity index (χ0) is 10.1. The van der Waals surface area contributed by atoms with Crippen molar-refractivity contribution in [2.45, 2.75) is 0 Å². The fourth-order valence-electron chi connectivity index (χ4n) is 0.494. The van der Waals surface area contributed by atoms with Gasteiger partial charge in [-0.15, -0.1) is 0 Å². The highest BCUT2D eigenvalue weighted by Crippen LogP contribution is 1.86. The Morgan fingerprint density at radius 1 is 1.15 bits per heavy atom. The lowest BCUT2D eigenvalue weighted by molar-refractivity contribution is -0.151. The first kappa shape index (κ1) is 12.3. The number of carbonyl (C=O) groups is 2. The van der Waals surface area contributed by atoms with E-state index in [1.165, 1.54) is 0 Å². The SMILES string of the molecule is COCCOCCOC(=O)C(=O)Cl. The quantitative estimate of drug-likeness (QED) is 0.255. The molecule has 0 aromatic carbocycles. The summed E-state index contributed by atoms with van der Waals surface area (Å²) in [6, 6.07) is 0. The molecule has 0 N–H and O–H groups in total. The molecule has 0 bridgehead atoms. The predicted octanol–water partition coefficient (Wildman–Crippen LogP) is -0.0420. The van der Waals surface area contributed by atoms with Crippen LogP contribution in [-0.2, 0) is 23.8 Å². The van der Waals surface area contributed by atoms with Gasteiger partial charge in [0, 0.05) is 7.11 Å². The van der Waals surface area contributed by atoms with Crippen molar-refractivity contribution in [3.8, 4) is 0 Å². The molecule has 0 unspecified atom stereocenters. The largest absolute Gasteiger partial charge is 0.457 e. The molecule has 0 fully saturated rings. The maximum atomic E-state index is 10.4. The molecule has 6 heteroatoms. The normalized spacial score (nSPS) is 9.69. The van der Waals surface area contributed by atoms with E-state index in [0.717, 1.165) is 0 Å². The van der Waals surface area contributed by atoms with Crippen LogP contribution in [0.3, 0.4) is 0 Å². The smallest absolute Gasteiger partial charge is 0.391 e. The maximum absolute atomic E-state index is 10.4. The van der Waals surface area contributed by atoms with Gasteiger partial charge < -0.3 is 14.2 Å². The van der Waals surface area contributed by atoms with Crippen LogP contribution < -0.4 is 0 Å². The second-order valence-electron chi connectivity index (χ2n) is 2.01. The Morgan fingerprint density at radius 2 is 1.77 bits per heavy atom. The molecule has 0 saturated heterocycles. The van der Waals surface area contributed by atoms with Gasteiger partial charge >= 0.3 is 11.2 Å². The van der Waals surface area contributed by atoms with E-state index in [4.69, 9.17) is 21.1 Å². The van der Waals surface area contributed by atoms with E-state index in [2.05, 4.69) is 4.74 Å². The molecular formula is C7H11ClO5. The number of methoxy groups -OCH3 is 1. The number of hydrogen-bond donors (Lipinski definition) is 0. The highest BCUT2D eigenvalue weighted by atomic mass is 35.5. The third-order valence-corrected chi connectivity index (χ3v) is 1.21. The molecule has 0 radical (unpaired) electrons. The minimum absolute atomic E-state index is 0.0149. The molecule has 0 heterocycles. The van der Waals surface area contributed by atoms with Gasteiger partial charge in [-0.3, -0.25) is 4.79 Å². The van der Waals surface area contributed by atoms with Crippen molar-refractivity contribution in [1.29, 1.82) is 0 Å². The van der Waals surface area contributed by atoms with Crippen LogP contribution in [0.2, 0.25) is 0 Å². The van der Waals surface area contributed by atoms with E-state index >= 15 is 0 Å². The summed E-state index contributed by atoms with van der Waals surface area (Å²) in [6.45, 7) is 1.13. The zero-order valence-corrected chi connectivity index (χ0v) is 8.00. The summed E-state index contributed by atoms with van der Waals surface area (Å²) < 4.78 is 14.0. The van der Waals surface area contributed by atoms with E-state index in [1.54, 1.807) is 7.11 Å². The summed E-state index contributed by atoms with van der Waals surface area (Å²) in [5, 5.41) is -1.13. The first-order valence-electron chi connectivity index (χ1n) is 3.61. The molecule has 0 spiro atoms. The highest BCUT2D eigenvalue weighted by molar-refractivity contribution is 6.80. The molecule has 5 nitrogen and oxygen atoms in total. The van der Waals surface area contributed by atoms with Crippen molar-refractivity contribution in [2.24, 2.45) is 0 Å². The minimum Gasteiger partial charge on any atom is -0.457 e. The fraction of sp³-hybridized carbons (Fsp3) is 0.714. The molecule has 0 aromatic rings. The van der Waals surface area contributed by atoms with Crippen LogP contribution in [0, 0.1) is 0 Å². The number of carbonyl (C=O) groups excluding carboxylic acids is 2. The second-order valence-corrected chi connectivity index (χ2v) is 2.36. The van der Waals surface area contributed by atoms with E-state index in [0.29, 0.717) is 13.2 Å². The lowest BCUT2D eigenvalue weighted by Gasteiger charge is -2.03. The average Bonchev–Trinajstić information content (AvgIpc) is 2.10. The van der Waals surface area contributed by atoms with Gasteiger partial charge in [0.15, 0.2) is 0 Å². The highest BCUT2D eigenvalue weighted by Gasteiger charge is 2.10. The van der Waals surface area contributed by atoms with Crippen molar-refractivity contribution in [3.05, 3.63) is 0 Å². The Hall–Kier alpha value is -0.650. The molecule has 0 amide bonds. The molecule has 0 aliphatic heterocycles. The predicted molar refractivity (Wildman–Crippen MR) is 44.5 cm³/mol. The van der Waals surface area contributed by atoms with Crippen LogP contribution in [0.1, 0.15) is 0 Å². The van der Waals surface area contributed by atoms with Crippen LogP contribution in [0.4, 0.5) is 0 Å². The Labute approximate surface area is 80.9 Å². The standard InChI is InChI=1S/C7H11ClO5/c1-11-2-3-12-4-5-13-7(10)6(8)9/h2-5H2,1H3. The second kappa shape index (κ2) is 7.97. The number of halogens is 1. The number of hydrogen-bond acceptors (Lipinski definition) is 5. The van der Waals surface area contributed by atoms with E-state index in [9.17, 15) is 9.59 Å². The Balaban J connectivity index is 3.16. The van der Waals surface area contributed by atoms with E-state index < -0.39 is 11.2 Å². The minimum atomic E-state index is -1.13. The number of esters is 1. The summed E-state index contributed by atoms with van der Waals surface area (Å²) in [7, 11) is 1.55. The van der Waals surface area contributed by atoms with E-state index in [1.807, 2.05) is 0 Å². The zero-order valence-electron chi connectivity index (χ0n) is 7.25. The van der Waals surface area contributed by atoms with Gasteiger partial charge in [-0.1, -0.05) is 0 Å². The van der Waals surface area contributed by atoms with Crippen molar-refractivity contribution in [1.82, 2.24) is 0 Å². The van der Waals surface area contributed by atoms with Crippen LogP contribution >= 0.6 is 11.6 Å². The molecule has 0 aliphatic carbocycles. The summed E-state index contributed by atoms with van der Waals surface area (Å²) in [5.74, 6) is -1.06. The molecule has 0 aliphatic rings. The molecule has 0 atom stereocenters. The average molecular weight is 211 g/mol. The molecular weight excluding hydrogens is 200 g/mol. The summed E-state index contributed by atoms with van der Waals surface area (Å²) in [6.07, 6.45) is 0. The Kier molecular flexibility index (Phi) is 7.57. The van der Waals surface area contributed by atoms with Gasteiger partial charge in [0.05, 0.1) is 19.8 Å². The van der Waals surface area contributed by atoms with Gasteiger partial charge in [0.2, 0.25) is 0 Å². The van der Waals surface area contributed by atoms with Gasteiger partial charge in [-0.05, 0) is 11.6 Å². The third kappa shape index (κ3) is 7.70. The van der Waals surface area contributed by atoms with E-state index in [-0.39, 0.29) is 13.2 Å². The third-order valence-electron chi connectivity index (χ3n) is 1.05. The first-order chi connectivity index (χ1) is 6.18. The Morgan fingerprint density at radius 3 is 2.31 bits per heavy atom. The number of rotatable bonds is 7. The van der Waals surface area contributed by atoms with Crippen LogP contribution in [0.25, 0.3) is 0 Å². The maximum Gasteiger partial charge on any atom is 0.391 e. The van der Waals surface area contributed by atoms with Gasteiger partial charge in [0.1, 0.15) is 6.61 Å². The topological polar surface area (TPSA) is 61.8 Å². The summed E-state index contributed by atoms with van der Waals surface area (Å²) >= 11 is 4.82. The molecule has 0 saturated carbocycles. The van der Waals surface area contributed by atoms with Gasteiger partial charge in [-0.25, -0.2) is 4.79 Å². The van der Waals surface area contributed by atoms with Gasteiger partial charge in [0.25, 0.3) is 0 Å². The van der Waals surface area contributed by atoms with Gasteiger partial charge in [-0.2, -0.15) is 0 Å². The Bertz CT molecular complexity index is 170. The monoisotopic (exact) mass is 210 g/mol. The molecule has 0 rings (SSSR count). The van der Waals surface area contributed by atoms with Crippen molar-refractivity contribution in [3.63, 3.8) is 0 Å². The molecule has 76 valence electrons. The summed E-state index contributed by atoms with van der Waals surface area (Å²) in [4.78, 5) is 20.6. The fourth-order valence-corrected chi connectivity index (χ4v) is 0.549.